The highest BCUT2D eigenvalue weighted by atomic mass is 16.5. The second kappa shape index (κ2) is 7.00. The molecule has 0 aromatic carbocycles. The second-order valence-corrected chi connectivity index (χ2v) is 7.15. The average Bonchev–Trinajstić information content (AvgIpc) is 3.37. The summed E-state index contributed by atoms with van der Waals surface area (Å²) in [6.07, 6.45) is 15.1. The van der Waals surface area contributed by atoms with Crippen molar-refractivity contribution in [2.45, 2.75) is 75.5 Å². The molecule has 0 bridgehead atoms. The van der Waals surface area contributed by atoms with Crippen LogP contribution in [-0.2, 0) is 9.53 Å². The van der Waals surface area contributed by atoms with Crippen LogP contribution in [0.1, 0.15) is 64.2 Å². The number of hydrogen-bond acceptors (Lipinski definition) is 4. The van der Waals surface area contributed by atoms with E-state index < -0.39 is 0 Å². The van der Waals surface area contributed by atoms with Crippen LogP contribution in [0.4, 0.5) is 0 Å². The first kappa shape index (κ1) is 16.4. The summed E-state index contributed by atoms with van der Waals surface area (Å²) in [5, 5.41) is 8.24. The Hall–Kier alpha value is -1.41. The van der Waals surface area contributed by atoms with Gasteiger partial charge in [-0.2, -0.15) is 10.2 Å². The highest BCUT2D eigenvalue weighted by Gasteiger charge is 2.41. The lowest BCUT2D eigenvalue weighted by atomic mass is 9.92. The Balaban J connectivity index is 1.50. The van der Waals surface area contributed by atoms with Crippen molar-refractivity contribution in [1.82, 2.24) is 4.90 Å². The van der Waals surface area contributed by atoms with Gasteiger partial charge in [0.25, 0.3) is 0 Å². The molecule has 126 valence electrons. The minimum atomic E-state index is -0.353. The normalized spacial score (nSPS) is 24.9. The van der Waals surface area contributed by atoms with Crippen molar-refractivity contribution < 1.29 is 9.53 Å². The Kier molecular flexibility index (Phi) is 5.01. The van der Waals surface area contributed by atoms with E-state index in [1.54, 1.807) is 0 Å². The lowest BCUT2D eigenvalue weighted by Gasteiger charge is -2.42. The van der Waals surface area contributed by atoms with E-state index in [0.29, 0.717) is 32.4 Å². The van der Waals surface area contributed by atoms with Gasteiger partial charge in [0.1, 0.15) is 0 Å². The molecule has 0 radical (unpaired) electrons. The summed E-state index contributed by atoms with van der Waals surface area (Å²) >= 11 is 0. The number of rotatable bonds is 5. The van der Waals surface area contributed by atoms with E-state index in [2.05, 4.69) is 16.1 Å². The molecule has 3 aliphatic rings. The van der Waals surface area contributed by atoms with Gasteiger partial charge >= 0.3 is 0 Å². The molecular weight excluding hydrogens is 290 g/mol. The number of hydrogen-bond donors (Lipinski definition) is 0. The van der Waals surface area contributed by atoms with Crippen LogP contribution in [-0.4, -0.2) is 41.8 Å². The van der Waals surface area contributed by atoms with Crippen molar-refractivity contribution in [3.63, 3.8) is 0 Å². The van der Waals surface area contributed by atoms with Crippen molar-refractivity contribution in [1.29, 1.82) is 0 Å². The number of ether oxygens (including phenoxy) is 1. The van der Waals surface area contributed by atoms with E-state index in [1.807, 2.05) is 4.90 Å². The third kappa shape index (κ3) is 4.11. The van der Waals surface area contributed by atoms with Crippen LogP contribution in [0.2, 0.25) is 0 Å². The fourth-order valence-electron chi connectivity index (χ4n) is 3.87. The van der Waals surface area contributed by atoms with E-state index in [-0.39, 0.29) is 17.2 Å². The molecule has 5 heteroatoms. The molecule has 3 rings (SSSR count). The molecule has 2 fully saturated rings. The SMILES string of the molecule is C#CCCC1(CCC(=O)N2CCOC3(CCCCCC3)C2)N=N1. The van der Waals surface area contributed by atoms with Crippen molar-refractivity contribution >= 4 is 5.91 Å². The summed E-state index contributed by atoms with van der Waals surface area (Å²) in [6.45, 7) is 2.15. The van der Waals surface area contributed by atoms with Gasteiger partial charge in [-0.3, -0.25) is 4.79 Å². The maximum atomic E-state index is 12.6. The largest absolute Gasteiger partial charge is 0.371 e. The first-order valence-corrected chi connectivity index (χ1v) is 8.96. The van der Waals surface area contributed by atoms with E-state index in [0.717, 1.165) is 25.8 Å². The summed E-state index contributed by atoms with van der Waals surface area (Å²) in [6, 6.07) is 0. The van der Waals surface area contributed by atoms with E-state index in [4.69, 9.17) is 11.2 Å². The molecule has 0 unspecified atom stereocenters. The first-order chi connectivity index (χ1) is 11.2. The second-order valence-electron chi connectivity index (χ2n) is 7.15. The molecular formula is C18H27N3O2. The third-order valence-electron chi connectivity index (χ3n) is 5.41. The van der Waals surface area contributed by atoms with E-state index in [1.165, 1.54) is 25.7 Å². The predicted octanol–water partition coefficient (Wildman–Crippen LogP) is 3.29. The number of nitrogens with zero attached hydrogens (tertiary/aromatic N) is 3. The third-order valence-corrected chi connectivity index (χ3v) is 5.41. The lowest BCUT2D eigenvalue weighted by molar-refractivity contribution is -0.153. The predicted molar refractivity (Wildman–Crippen MR) is 87.9 cm³/mol. The first-order valence-electron chi connectivity index (χ1n) is 8.96. The Morgan fingerprint density at radius 3 is 2.57 bits per heavy atom. The van der Waals surface area contributed by atoms with Crippen molar-refractivity contribution in [3.8, 4) is 12.3 Å². The molecule has 0 N–H and O–H groups in total. The van der Waals surface area contributed by atoms with Gasteiger partial charge < -0.3 is 9.64 Å². The molecule has 1 aliphatic carbocycles. The summed E-state index contributed by atoms with van der Waals surface area (Å²) in [7, 11) is 0. The minimum Gasteiger partial charge on any atom is -0.371 e. The van der Waals surface area contributed by atoms with Crippen molar-refractivity contribution in [2.24, 2.45) is 10.2 Å². The molecule has 1 saturated heterocycles. The fraction of sp³-hybridized carbons (Fsp3) is 0.833. The lowest BCUT2D eigenvalue weighted by Crippen LogP contribution is -2.53. The summed E-state index contributed by atoms with van der Waals surface area (Å²) < 4.78 is 6.12. The number of morpholine rings is 1. The van der Waals surface area contributed by atoms with Gasteiger partial charge in [-0.15, -0.1) is 12.3 Å². The van der Waals surface area contributed by atoms with Gasteiger partial charge in [0.15, 0.2) is 5.66 Å². The number of carbonyl (C=O) groups is 1. The zero-order valence-electron chi connectivity index (χ0n) is 13.9. The maximum Gasteiger partial charge on any atom is 0.222 e. The molecule has 0 atom stereocenters. The zero-order chi connectivity index (χ0) is 16.2. The smallest absolute Gasteiger partial charge is 0.222 e. The summed E-state index contributed by atoms with van der Waals surface area (Å²) in [5.41, 5.74) is -0.436. The van der Waals surface area contributed by atoms with Gasteiger partial charge in [-0.25, -0.2) is 0 Å². The number of terminal acetylenes is 1. The quantitative estimate of drug-likeness (QED) is 0.731. The van der Waals surface area contributed by atoms with Crippen LogP contribution in [0, 0.1) is 12.3 Å². The Bertz CT molecular complexity index is 495. The molecule has 2 heterocycles. The molecule has 1 amide bonds. The molecule has 1 spiro atoms. The summed E-state index contributed by atoms with van der Waals surface area (Å²) in [4.78, 5) is 14.6. The van der Waals surface area contributed by atoms with E-state index >= 15 is 0 Å². The molecule has 2 aliphatic heterocycles. The molecule has 0 aromatic rings. The van der Waals surface area contributed by atoms with Crippen LogP contribution in [0.5, 0.6) is 0 Å². The number of carbonyl (C=O) groups excluding carboxylic acids is 1. The van der Waals surface area contributed by atoms with Gasteiger partial charge in [0.05, 0.1) is 12.2 Å². The van der Waals surface area contributed by atoms with Crippen LogP contribution in [0.25, 0.3) is 0 Å². The van der Waals surface area contributed by atoms with Gasteiger partial charge in [0, 0.05) is 38.8 Å². The Morgan fingerprint density at radius 1 is 1.17 bits per heavy atom. The highest BCUT2D eigenvalue weighted by Crippen LogP contribution is 2.38. The maximum absolute atomic E-state index is 12.6. The standard InChI is InChI=1S/C18H27N3O2/c1-2-3-11-18(19-20-18)12-8-16(22)21-13-14-23-17(15-21)9-6-4-5-7-10-17/h1H,3-15H2. The highest BCUT2D eigenvalue weighted by molar-refractivity contribution is 5.76. The van der Waals surface area contributed by atoms with Crippen LogP contribution in [0.3, 0.4) is 0 Å². The number of amides is 1. The topological polar surface area (TPSA) is 54.3 Å². The summed E-state index contributed by atoms with van der Waals surface area (Å²) in [5.74, 6) is 2.84. The van der Waals surface area contributed by atoms with Crippen LogP contribution < -0.4 is 0 Å². The van der Waals surface area contributed by atoms with Crippen molar-refractivity contribution in [3.05, 3.63) is 0 Å². The minimum absolute atomic E-state index is 0.0834. The van der Waals surface area contributed by atoms with Crippen molar-refractivity contribution in [2.75, 3.05) is 19.7 Å². The van der Waals surface area contributed by atoms with Crippen LogP contribution >= 0.6 is 0 Å². The zero-order valence-corrected chi connectivity index (χ0v) is 13.9. The van der Waals surface area contributed by atoms with Gasteiger partial charge in [-0.05, 0) is 12.8 Å². The van der Waals surface area contributed by atoms with Gasteiger partial charge in [0.2, 0.25) is 5.91 Å². The Morgan fingerprint density at radius 2 is 1.91 bits per heavy atom. The van der Waals surface area contributed by atoms with Crippen LogP contribution in [0.15, 0.2) is 10.2 Å². The van der Waals surface area contributed by atoms with Gasteiger partial charge in [-0.1, -0.05) is 25.7 Å². The molecule has 0 aromatic heterocycles. The molecule has 23 heavy (non-hydrogen) atoms. The Labute approximate surface area is 138 Å². The monoisotopic (exact) mass is 317 g/mol. The molecule has 1 saturated carbocycles. The fourth-order valence-corrected chi connectivity index (χ4v) is 3.87. The average molecular weight is 317 g/mol. The molecule has 5 nitrogen and oxygen atoms in total. The van der Waals surface area contributed by atoms with E-state index in [9.17, 15) is 4.79 Å².